The average molecular weight is 260 g/mol. The maximum atomic E-state index is 3.45. The summed E-state index contributed by atoms with van der Waals surface area (Å²) in [6.07, 6.45) is 7.90. The number of benzene rings is 1. The van der Waals surface area contributed by atoms with Gasteiger partial charge in [-0.3, -0.25) is 0 Å². The number of unbranched alkanes of at least 4 members (excludes halogenated alkanes) is 4. The lowest BCUT2D eigenvalue weighted by molar-refractivity contribution is 0.637. The van der Waals surface area contributed by atoms with Crippen LogP contribution in [-0.2, 0) is 0 Å². The van der Waals surface area contributed by atoms with Crippen LogP contribution in [0.25, 0.3) is 0 Å². The normalized spacial score (nSPS) is 11.9. The Bertz CT molecular complexity index is 402. The average Bonchev–Trinajstić information content (AvgIpc) is 3.19. The predicted molar refractivity (Wildman–Crippen MR) is 85.7 cm³/mol. The molecule has 0 amide bonds. The summed E-state index contributed by atoms with van der Waals surface area (Å²) in [5.74, 6) is 0. The molecule has 2 nitrogen and oxygen atoms in total. The molecule has 106 valence electrons. The SMILES string of the molecule is CCCCCN(CCCCC)c1ccc(C)c2c1N2. The Morgan fingerprint density at radius 1 is 0.895 bits per heavy atom. The van der Waals surface area contributed by atoms with Gasteiger partial charge in [-0.2, -0.15) is 0 Å². The fraction of sp³-hybridized carbons (Fsp3) is 0.647. The van der Waals surface area contributed by atoms with Crippen molar-refractivity contribution in [2.24, 2.45) is 0 Å². The van der Waals surface area contributed by atoms with Gasteiger partial charge in [0.05, 0.1) is 17.1 Å². The molecule has 1 heterocycles. The molecule has 0 aromatic heterocycles. The second-order valence-electron chi connectivity index (χ2n) is 5.68. The molecule has 1 aromatic carbocycles. The first-order valence-corrected chi connectivity index (χ1v) is 7.93. The lowest BCUT2D eigenvalue weighted by atomic mass is 10.1. The quantitative estimate of drug-likeness (QED) is 0.493. The van der Waals surface area contributed by atoms with Crippen molar-refractivity contribution >= 4 is 17.1 Å². The molecule has 1 aromatic rings. The molecule has 0 atom stereocenters. The van der Waals surface area contributed by atoms with Crippen molar-refractivity contribution in [3.05, 3.63) is 17.7 Å². The van der Waals surface area contributed by atoms with Crippen molar-refractivity contribution in [3.63, 3.8) is 0 Å². The highest BCUT2D eigenvalue weighted by molar-refractivity contribution is 6.01. The summed E-state index contributed by atoms with van der Waals surface area (Å²) < 4.78 is 0. The minimum absolute atomic E-state index is 1.20. The first-order valence-electron chi connectivity index (χ1n) is 7.93. The van der Waals surface area contributed by atoms with Gasteiger partial charge in [0.25, 0.3) is 0 Å². The van der Waals surface area contributed by atoms with Crippen LogP contribution >= 0.6 is 0 Å². The highest BCUT2D eigenvalue weighted by Gasteiger charge is 2.25. The summed E-state index contributed by atoms with van der Waals surface area (Å²) in [4.78, 5) is 2.59. The Labute approximate surface area is 118 Å². The summed E-state index contributed by atoms with van der Waals surface area (Å²) in [7, 11) is 0. The monoisotopic (exact) mass is 260 g/mol. The Kier molecular flexibility index (Phi) is 5.12. The van der Waals surface area contributed by atoms with E-state index in [0.29, 0.717) is 0 Å². The molecule has 1 N–H and O–H groups in total. The zero-order chi connectivity index (χ0) is 13.7. The van der Waals surface area contributed by atoms with E-state index in [1.807, 2.05) is 0 Å². The maximum Gasteiger partial charge on any atom is 0.0864 e. The molecular formula is C17H28N2. The molecule has 1 aliphatic heterocycles. The first-order chi connectivity index (χ1) is 9.27. The summed E-state index contributed by atoms with van der Waals surface area (Å²) in [6, 6.07) is 4.55. The lowest BCUT2D eigenvalue weighted by Crippen LogP contribution is -2.25. The van der Waals surface area contributed by atoms with Crippen molar-refractivity contribution in [1.82, 2.24) is 0 Å². The molecular weight excluding hydrogens is 232 g/mol. The minimum atomic E-state index is 1.20. The van der Waals surface area contributed by atoms with E-state index in [4.69, 9.17) is 0 Å². The highest BCUT2D eigenvalue weighted by atomic mass is 15.2. The topological polar surface area (TPSA) is 25.2 Å². The van der Waals surface area contributed by atoms with Crippen LogP contribution in [0.4, 0.5) is 17.1 Å². The predicted octanol–water partition coefficient (Wildman–Crippen LogP) is 5.24. The van der Waals surface area contributed by atoms with Crippen LogP contribution in [0.5, 0.6) is 0 Å². The molecule has 1 aliphatic rings. The van der Waals surface area contributed by atoms with E-state index in [-0.39, 0.29) is 0 Å². The third kappa shape index (κ3) is 3.65. The van der Waals surface area contributed by atoms with E-state index < -0.39 is 0 Å². The van der Waals surface area contributed by atoms with Gasteiger partial charge in [0, 0.05) is 13.1 Å². The van der Waals surface area contributed by atoms with Gasteiger partial charge in [-0.25, -0.2) is 0 Å². The maximum absolute atomic E-state index is 3.45. The van der Waals surface area contributed by atoms with Crippen LogP contribution in [0.15, 0.2) is 12.1 Å². The van der Waals surface area contributed by atoms with Crippen LogP contribution in [-0.4, -0.2) is 13.1 Å². The van der Waals surface area contributed by atoms with E-state index >= 15 is 0 Å². The Balaban J connectivity index is 1.99. The Morgan fingerprint density at radius 2 is 1.53 bits per heavy atom. The zero-order valence-electron chi connectivity index (χ0n) is 12.8. The van der Waals surface area contributed by atoms with Gasteiger partial charge in [-0.05, 0) is 31.4 Å². The lowest BCUT2D eigenvalue weighted by Gasteiger charge is -2.24. The van der Waals surface area contributed by atoms with E-state index in [0.717, 1.165) is 0 Å². The van der Waals surface area contributed by atoms with Gasteiger partial charge < -0.3 is 10.2 Å². The third-order valence-electron chi connectivity index (χ3n) is 3.98. The molecule has 2 rings (SSSR count). The van der Waals surface area contributed by atoms with Crippen molar-refractivity contribution in [2.45, 2.75) is 59.3 Å². The van der Waals surface area contributed by atoms with E-state index in [9.17, 15) is 0 Å². The molecule has 0 unspecified atom stereocenters. The molecule has 0 saturated heterocycles. The third-order valence-corrected chi connectivity index (χ3v) is 3.98. The Hall–Kier alpha value is -1.18. The van der Waals surface area contributed by atoms with Gasteiger partial charge in [0.2, 0.25) is 0 Å². The fourth-order valence-corrected chi connectivity index (χ4v) is 2.67. The summed E-state index contributed by atoms with van der Waals surface area (Å²) in [5.41, 5.74) is 5.55. The second kappa shape index (κ2) is 6.83. The van der Waals surface area contributed by atoms with Gasteiger partial charge in [-0.1, -0.05) is 45.6 Å². The first kappa shape index (κ1) is 14.2. The number of hydrogen-bond donors (Lipinski definition) is 1. The number of fused-ring (bicyclic) bond motifs is 1. The van der Waals surface area contributed by atoms with Crippen LogP contribution < -0.4 is 10.2 Å². The molecule has 2 heteroatoms. The molecule has 0 bridgehead atoms. The Morgan fingerprint density at radius 3 is 2.11 bits per heavy atom. The molecule has 0 radical (unpaired) electrons. The molecule has 0 aliphatic carbocycles. The van der Waals surface area contributed by atoms with Gasteiger partial charge in [0.1, 0.15) is 0 Å². The number of hydrogen-bond acceptors (Lipinski definition) is 2. The van der Waals surface area contributed by atoms with E-state index in [1.165, 1.54) is 74.2 Å². The molecule has 19 heavy (non-hydrogen) atoms. The number of nitrogens with zero attached hydrogens (tertiary/aromatic N) is 1. The minimum Gasteiger partial charge on any atom is -0.370 e. The van der Waals surface area contributed by atoms with Crippen molar-refractivity contribution in [3.8, 4) is 0 Å². The van der Waals surface area contributed by atoms with Crippen LogP contribution in [0.2, 0.25) is 0 Å². The van der Waals surface area contributed by atoms with Crippen molar-refractivity contribution < 1.29 is 0 Å². The van der Waals surface area contributed by atoms with Gasteiger partial charge in [-0.15, -0.1) is 0 Å². The number of rotatable bonds is 9. The van der Waals surface area contributed by atoms with E-state index in [1.54, 1.807) is 0 Å². The highest BCUT2D eigenvalue weighted by Crippen LogP contribution is 2.49. The van der Waals surface area contributed by atoms with E-state index in [2.05, 4.69) is 43.1 Å². The summed E-state index contributed by atoms with van der Waals surface area (Å²) in [6.45, 7) is 9.14. The molecule has 0 saturated carbocycles. The molecule has 0 spiro atoms. The number of anilines is 3. The smallest absolute Gasteiger partial charge is 0.0864 e. The van der Waals surface area contributed by atoms with Crippen LogP contribution in [0.3, 0.4) is 0 Å². The largest absolute Gasteiger partial charge is 0.370 e. The summed E-state index contributed by atoms with van der Waals surface area (Å²) in [5, 5.41) is 3.45. The fourth-order valence-electron chi connectivity index (χ4n) is 2.67. The standard InChI is InChI=1S/C17H28N2/c1-4-6-8-12-19(13-9-7-5-2)15-11-10-14(3)16-17(15)18-16/h10-11,18H,4-9,12-13H2,1-3H3. The number of aryl methyl sites for hydroxylation is 1. The zero-order valence-corrected chi connectivity index (χ0v) is 12.8. The van der Waals surface area contributed by atoms with Gasteiger partial charge >= 0.3 is 0 Å². The van der Waals surface area contributed by atoms with Crippen LogP contribution in [0.1, 0.15) is 57.9 Å². The van der Waals surface area contributed by atoms with Crippen molar-refractivity contribution in [1.29, 1.82) is 0 Å². The molecule has 0 fully saturated rings. The number of nitrogens with one attached hydrogen (secondary N) is 1. The van der Waals surface area contributed by atoms with Crippen molar-refractivity contribution in [2.75, 3.05) is 23.3 Å². The second-order valence-corrected chi connectivity index (χ2v) is 5.68. The van der Waals surface area contributed by atoms with Gasteiger partial charge in [0.15, 0.2) is 0 Å². The summed E-state index contributed by atoms with van der Waals surface area (Å²) >= 11 is 0. The van der Waals surface area contributed by atoms with Crippen LogP contribution in [0, 0.1) is 6.92 Å².